The molecule has 1 aromatic rings. The molecule has 1 aliphatic heterocycles. The van der Waals surface area contributed by atoms with Crippen molar-refractivity contribution in [2.45, 2.75) is 6.42 Å². The number of carbonyl (C=O) groups is 1. The monoisotopic (exact) mass is 237 g/mol. The number of anilines is 1. The molecule has 0 unspecified atom stereocenters. The number of phenols is 1. The summed E-state index contributed by atoms with van der Waals surface area (Å²) in [6.45, 7) is 1.36. The van der Waals surface area contributed by atoms with Crippen LogP contribution in [-0.4, -0.2) is 37.9 Å². The minimum atomic E-state index is -0.0259. The first-order valence-corrected chi connectivity index (χ1v) is 5.47. The molecule has 0 atom stereocenters. The van der Waals surface area contributed by atoms with Crippen LogP contribution in [0.4, 0.5) is 5.69 Å². The Hall–Kier alpha value is -1.75. The molecule has 0 fully saturated rings. The van der Waals surface area contributed by atoms with Gasteiger partial charge in [-0.15, -0.1) is 0 Å². The van der Waals surface area contributed by atoms with Gasteiger partial charge in [0.2, 0.25) is 5.91 Å². The quantitative estimate of drug-likeness (QED) is 0.856. The minimum Gasteiger partial charge on any atom is -0.508 e. The normalized spacial score (nSPS) is 14.1. The largest absolute Gasteiger partial charge is 0.508 e. The summed E-state index contributed by atoms with van der Waals surface area (Å²) in [5, 5.41) is 9.45. The van der Waals surface area contributed by atoms with E-state index in [0.29, 0.717) is 37.6 Å². The number of ether oxygens (including phenoxy) is 2. The Morgan fingerprint density at radius 2 is 2.41 bits per heavy atom. The van der Waals surface area contributed by atoms with Crippen LogP contribution in [0.3, 0.4) is 0 Å². The fraction of sp³-hybridized carbons (Fsp3) is 0.417. The Kier molecular flexibility index (Phi) is 3.49. The summed E-state index contributed by atoms with van der Waals surface area (Å²) in [6, 6.07) is 4.75. The summed E-state index contributed by atoms with van der Waals surface area (Å²) in [6.07, 6.45) is 0.325. The second-order valence-corrected chi connectivity index (χ2v) is 3.79. The van der Waals surface area contributed by atoms with Gasteiger partial charge in [-0.3, -0.25) is 4.79 Å². The van der Waals surface area contributed by atoms with Crippen molar-refractivity contribution >= 4 is 11.6 Å². The van der Waals surface area contributed by atoms with E-state index < -0.39 is 0 Å². The SMILES string of the molecule is COCCC(=O)N1CCOc2ccc(O)cc21. The van der Waals surface area contributed by atoms with E-state index in [1.54, 1.807) is 30.2 Å². The number of phenolic OH excluding ortho intramolecular Hbond substituents is 1. The predicted molar refractivity (Wildman–Crippen MR) is 62.4 cm³/mol. The number of fused-ring (bicyclic) bond motifs is 1. The van der Waals surface area contributed by atoms with Gasteiger partial charge in [-0.25, -0.2) is 0 Å². The van der Waals surface area contributed by atoms with Crippen molar-refractivity contribution in [2.75, 3.05) is 31.8 Å². The molecule has 1 N–H and O–H groups in total. The van der Waals surface area contributed by atoms with Crippen LogP contribution in [0.5, 0.6) is 11.5 Å². The number of benzene rings is 1. The Morgan fingerprint density at radius 3 is 3.18 bits per heavy atom. The summed E-state index contributed by atoms with van der Waals surface area (Å²) < 4.78 is 10.3. The molecule has 5 nitrogen and oxygen atoms in total. The van der Waals surface area contributed by atoms with E-state index >= 15 is 0 Å². The van der Waals surface area contributed by atoms with Gasteiger partial charge >= 0.3 is 0 Å². The van der Waals surface area contributed by atoms with Crippen molar-refractivity contribution in [3.63, 3.8) is 0 Å². The van der Waals surface area contributed by atoms with Gasteiger partial charge in [0.05, 0.1) is 25.3 Å². The summed E-state index contributed by atoms with van der Waals surface area (Å²) in [7, 11) is 1.56. The van der Waals surface area contributed by atoms with Crippen LogP contribution in [0.2, 0.25) is 0 Å². The zero-order chi connectivity index (χ0) is 12.3. The van der Waals surface area contributed by atoms with Crippen LogP contribution in [0.15, 0.2) is 18.2 Å². The summed E-state index contributed by atoms with van der Waals surface area (Å²) in [5.74, 6) is 0.723. The molecule has 92 valence electrons. The lowest BCUT2D eigenvalue weighted by molar-refractivity contribution is -0.119. The van der Waals surface area contributed by atoms with Crippen LogP contribution < -0.4 is 9.64 Å². The first-order chi connectivity index (χ1) is 8.22. The van der Waals surface area contributed by atoms with Gasteiger partial charge in [-0.2, -0.15) is 0 Å². The lowest BCUT2D eigenvalue weighted by Gasteiger charge is -2.29. The molecule has 0 saturated carbocycles. The second kappa shape index (κ2) is 5.05. The van der Waals surface area contributed by atoms with E-state index in [2.05, 4.69) is 0 Å². The number of rotatable bonds is 3. The molecule has 1 heterocycles. The van der Waals surface area contributed by atoms with Crippen molar-refractivity contribution < 1.29 is 19.4 Å². The third kappa shape index (κ3) is 2.50. The standard InChI is InChI=1S/C12H15NO4/c1-16-6-4-12(15)13-5-7-17-11-3-2-9(14)8-10(11)13/h2-3,8,14H,4-7H2,1H3. The maximum atomic E-state index is 11.9. The molecule has 0 aliphatic carbocycles. The number of hydrogen-bond donors (Lipinski definition) is 1. The van der Waals surface area contributed by atoms with Gasteiger partial charge in [-0.1, -0.05) is 0 Å². The number of carbonyl (C=O) groups excluding carboxylic acids is 1. The highest BCUT2D eigenvalue weighted by atomic mass is 16.5. The molecular weight excluding hydrogens is 222 g/mol. The van der Waals surface area contributed by atoms with Crippen molar-refractivity contribution in [3.8, 4) is 11.5 Å². The zero-order valence-corrected chi connectivity index (χ0v) is 9.68. The lowest BCUT2D eigenvalue weighted by Crippen LogP contribution is -2.38. The molecule has 0 spiro atoms. The molecule has 1 aromatic carbocycles. The van der Waals surface area contributed by atoms with Crippen molar-refractivity contribution in [1.29, 1.82) is 0 Å². The van der Waals surface area contributed by atoms with Gasteiger partial charge in [-0.05, 0) is 12.1 Å². The number of nitrogens with zero attached hydrogens (tertiary/aromatic N) is 1. The molecule has 0 bridgehead atoms. The molecular formula is C12H15NO4. The third-order valence-corrected chi connectivity index (χ3v) is 2.63. The van der Waals surface area contributed by atoms with Crippen LogP contribution in [0.25, 0.3) is 0 Å². The molecule has 0 saturated heterocycles. The number of hydrogen-bond acceptors (Lipinski definition) is 4. The topological polar surface area (TPSA) is 59.0 Å². The molecule has 1 aliphatic rings. The average molecular weight is 237 g/mol. The molecule has 0 aromatic heterocycles. The van der Waals surface area contributed by atoms with Crippen molar-refractivity contribution in [1.82, 2.24) is 0 Å². The summed E-state index contributed by atoms with van der Waals surface area (Å²) in [4.78, 5) is 13.6. The smallest absolute Gasteiger partial charge is 0.229 e. The Labute approximate surface area is 99.6 Å². The molecule has 0 radical (unpaired) electrons. The van der Waals surface area contributed by atoms with E-state index in [1.807, 2.05) is 0 Å². The van der Waals surface area contributed by atoms with E-state index in [4.69, 9.17) is 9.47 Å². The van der Waals surface area contributed by atoms with Gasteiger partial charge in [0.15, 0.2) is 0 Å². The minimum absolute atomic E-state index is 0.0259. The Bertz CT molecular complexity index is 419. The van der Waals surface area contributed by atoms with Crippen LogP contribution in [0, 0.1) is 0 Å². The molecule has 1 amide bonds. The Balaban J connectivity index is 2.21. The maximum Gasteiger partial charge on any atom is 0.229 e. The van der Waals surface area contributed by atoms with E-state index in [-0.39, 0.29) is 11.7 Å². The lowest BCUT2D eigenvalue weighted by atomic mass is 10.2. The van der Waals surface area contributed by atoms with E-state index in [9.17, 15) is 9.90 Å². The average Bonchev–Trinajstić information content (AvgIpc) is 2.35. The van der Waals surface area contributed by atoms with Crippen LogP contribution >= 0.6 is 0 Å². The highest BCUT2D eigenvalue weighted by molar-refractivity contribution is 5.95. The maximum absolute atomic E-state index is 11.9. The first kappa shape index (κ1) is 11.7. The number of amides is 1. The van der Waals surface area contributed by atoms with Crippen molar-refractivity contribution in [3.05, 3.63) is 18.2 Å². The molecule has 5 heteroatoms. The fourth-order valence-electron chi connectivity index (χ4n) is 1.79. The predicted octanol–water partition coefficient (Wildman–Crippen LogP) is 1.15. The van der Waals surface area contributed by atoms with Gasteiger partial charge in [0.25, 0.3) is 0 Å². The van der Waals surface area contributed by atoms with Crippen LogP contribution in [-0.2, 0) is 9.53 Å². The van der Waals surface area contributed by atoms with Crippen LogP contribution in [0.1, 0.15) is 6.42 Å². The number of methoxy groups -OCH3 is 1. The molecule has 2 rings (SSSR count). The molecule has 17 heavy (non-hydrogen) atoms. The van der Waals surface area contributed by atoms with Crippen molar-refractivity contribution in [2.24, 2.45) is 0 Å². The number of aromatic hydroxyl groups is 1. The summed E-state index contributed by atoms with van der Waals surface area (Å²) >= 11 is 0. The second-order valence-electron chi connectivity index (χ2n) is 3.79. The zero-order valence-electron chi connectivity index (χ0n) is 9.68. The Morgan fingerprint density at radius 1 is 1.59 bits per heavy atom. The van der Waals surface area contributed by atoms with E-state index in [0.717, 1.165) is 0 Å². The summed E-state index contributed by atoms with van der Waals surface area (Å²) in [5.41, 5.74) is 0.623. The first-order valence-electron chi connectivity index (χ1n) is 5.47. The van der Waals surface area contributed by atoms with E-state index in [1.165, 1.54) is 0 Å². The third-order valence-electron chi connectivity index (χ3n) is 2.63. The highest BCUT2D eigenvalue weighted by Gasteiger charge is 2.23. The fourth-order valence-corrected chi connectivity index (χ4v) is 1.79. The van der Waals surface area contributed by atoms with Gasteiger partial charge in [0, 0.05) is 13.2 Å². The van der Waals surface area contributed by atoms with Gasteiger partial charge in [0.1, 0.15) is 18.1 Å². The highest BCUT2D eigenvalue weighted by Crippen LogP contribution is 2.34. The van der Waals surface area contributed by atoms with Gasteiger partial charge < -0.3 is 19.5 Å².